The van der Waals surface area contributed by atoms with E-state index in [2.05, 4.69) is 10.2 Å². The van der Waals surface area contributed by atoms with Gasteiger partial charge in [0.15, 0.2) is 5.78 Å². The molecule has 1 saturated heterocycles. The van der Waals surface area contributed by atoms with E-state index in [4.69, 9.17) is 4.74 Å². The third-order valence-corrected chi connectivity index (χ3v) is 3.19. The fraction of sp³-hybridized carbons (Fsp3) is 0.462. The SMILES string of the molecule is COc1ccc(C(=O)C2CNCCN2C)cc1. The van der Waals surface area contributed by atoms with Crippen molar-refractivity contribution < 1.29 is 9.53 Å². The smallest absolute Gasteiger partial charge is 0.181 e. The molecule has 1 aliphatic rings. The van der Waals surface area contributed by atoms with Gasteiger partial charge in [0.25, 0.3) is 0 Å². The molecule has 0 amide bonds. The molecule has 1 heterocycles. The second kappa shape index (κ2) is 5.29. The monoisotopic (exact) mass is 234 g/mol. The maximum atomic E-state index is 12.3. The van der Waals surface area contributed by atoms with Crippen LogP contribution < -0.4 is 10.1 Å². The number of hydrogen-bond acceptors (Lipinski definition) is 4. The van der Waals surface area contributed by atoms with Gasteiger partial charge in [0.1, 0.15) is 5.75 Å². The highest BCUT2D eigenvalue weighted by Gasteiger charge is 2.26. The summed E-state index contributed by atoms with van der Waals surface area (Å²) in [6, 6.07) is 7.23. The molecular formula is C13H18N2O2. The lowest BCUT2D eigenvalue weighted by atomic mass is 10.0. The van der Waals surface area contributed by atoms with Crippen LogP contribution in [0.5, 0.6) is 5.75 Å². The van der Waals surface area contributed by atoms with Crippen molar-refractivity contribution in [3.63, 3.8) is 0 Å². The summed E-state index contributed by atoms with van der Waals surface area (Å²) in [5.41, 5.74) is 0.742. The van der Waals surface area contributed by atoms with Gasteiger partial charge in [-0.25, -0.2) is 0 Å². The Balaban J connectivity index is 2.12. The zero-order valence-corrected chi connectivity index (χ0v) is 10.3. The van der Waals surface area contributed by atoms with Crippen LogP contribution in [0, 0.1) is 0 Å². The van der Waals surface area contributed by atoms with Gasteiger partial charge in [0, 0.05) is 25.2 Å². The van der Waals surface area contributed by atoms with Crippen molar-refractivity contribution in [2.24, 2.45) is 0 Å². The first-order chi connectivity index (χ1) is 8.22. The molecule has 1 atom stereocenters. The minimum Gasteiger partial charge on any atom is -0.497 e. The van der Waals surface area contributed by atoms with Gasteiger partial charge in [-0.2, -0.15) is 0 Å². The highest BCUT2D eigenvalue weighted by Crippen LogP contribution is 2.14. The van der Waals surface area contributed by atoms with Gasteiger partial charge in [-0.15, -0.1) is 0 Å². The van der Waals surface area contributed by atoms with Crippen LogP contribution in [0.2, 0.25) is 0 Å². The molecule has 1 fully saturated rings. The summed E-state index contributed by atoms with van der Waals surface area (Å²) in [4.78, 5) is 14.4. The number of nitrogens with one attached hydrogen (secondary N) is 1. The van der Waals surface area contributed by atoms with Gasteiger partial charge >= 0.3 is 0 Å². The highest BCUT2D eigenvalue weighted by atomic mass is 16.5. The van der Waals surface area contributed by atoms with Crippen molar-refractivity contribution in [3.05, 3.63) is 29.8 Å². The standard InChI is InChI=1S/C13H18N2O2/c1-15-8-7-14-9-12(15)13(16)10-3-5-11(17-2)6-4-10/h3-6,12,14H,7-9H2,1-2H3. The second-order valence-corrected chi connectivity index (χ2v) is 4.29. The molecule has 0 aliphatic carbocycles. The summed E-state index contributed by atoms with van der Waals surface area (Å²) in [6.07, 6.45) is 0. The van der Waals surface area contributed by atoms with E-state index < -0.39 is 0 Å². The van der Waals surface area contributed by atoms with Gasteiger partial charge in [0.05, 0.1) is 13.2 Å². The number of likely N-dealkylation sites (N-methyl/N-ethyl adjacent to an activating group) is 1. The Morgan fingerprint density at radius 3 is 2.71 bits per heavy atom. The number of carbonyl (C=O) groups is 1. The molecule has 1 unspecified atom stereocenters. The van der Waals surface area contributed by atoms with Crippen molar-refractivity contribution in [1.29, 1.82) is 0 Å². The largest absolute Gasteiger partial charge is 0.497 e. The molecule has 4 heteroatoms. The van der Waals surface area contributed by atoms with Gasteiger partial charge < -0.3 is 10.1 Å². The molecule has 4 nitrogen and oxygen atoms in total. The molecular weight excluding hydrogens is 216 g/mol. The third kappa shape index (κ3) is 2.65. The molecule has 1 aliphatic heterocycles. The lowest BCUT2D eigenvalue weighted by Crippen LogP contribution is -2.53. The maximum absolute atomic E-state index is 12.3. The van der Waals surface area contributed by atoms with Crippen molar-refractivity contribution in [1.82, 2.24) is 10.2 Å². The average Bonchev–Trinajstić information content (AvgIpc) is 2.39. The van der Waals surface area contributed by atoms with Crippen LogP contribution in [0.25, 0.3) is 0 Å². The van der Waals surface area contributed by atoms with E-state index in [-0.39, 0.29) is 11.8 Å². The van der Waals surface area contributed by atoms with Crippen LogP contribution in [0.15, 0.2) is 24.3 Å². The molecule has 0 radical (unpaired) electrons. The van der Waals surface area contributed by atoms with Gasteiger partial charge in [-0.05, 0) is 31.3 Å². The van der Waals surface area contributed by atoms with E-state index in [9.17, 15) is 4.79 Å². The summed E-state index contributed by atoms with van der Waals surface area (Å²) < 4.78 is 5.08. The van der Waals surface area contributed by atoms with Gasteiger partial charge in [0.2, 0.25) is 0 Å². The Labute approximate surface area is 102 Å². The zero-order valence-electron chi connectivity index (χ0n) is 10.3. The number of nitrogens with zero attached hydrogens (tertiary/aromatic N) is 1. The first kappa shape index (κ1) is 12.1. The van der Waals surface area contributed by atoms with E-state index in [0.717, 1.165) is 30.9 Å². The summed E-state index contributed by atoms with van der Waals surface area (Å²) in [6.45, 7) is 2.58. The van der Waals surface area contributed by atoms with E-state index in [0.29, 0.717) is 0 Å². The number of ether oxygens (including phenoxy) is 1. The molecule has 17 heavy (non-hydrogen) atoms. The van der Waals surface area contributed by atoms with Crippen molar-refractivity contribution in [2.75, 3.05) is 33.8 Å². The minimum absolute atomic E-state index is 0.0582. The molecule has 2 rings (SSSR count). The van der Waals surface area contributed by atoms with Crippen LogP contribution >= 0.6 is 0 Å². The first-order valence-electron chi connectivity index (χ1n) is 5.81. The Morgan fingerprint density at radius 1 is 1.41 bits per heavy atom. The summed E-state index contributed by atoms with van der Waals surface area (Å²) in [5, 5.41) is 3.25. The number of Topliss-reactive ketones (excluding diaryl/α,β-unsaturated/α-hetero) is 1. The molecule has 1 aromatic rings. The van der Waals surface area contributed by atoms with Crippen molar-refractivity contribution in [3.8, 4) is 5.75 Å². The number of methoxy groups -OCH3 is 1. The lowest BCUT2D eigenvalue weighted by Gasteiger charge is -2.31. The predicted molar refractivity (Wildman–Crippen MR) is 66.6 cm³/mol. The minimum atomic E-state index is -0.0582. The molecule has 0 aromatic heterocycles. The Morgan fingerprint density at radius 2 is 2.12 bits per heavy atom. The van der Waals surface area contributed by atoms with Crippen LogP contribution in [-0.2, 0) is 0 Å². The van der Waals surface area contributed by atoms with Crippen LogP contribution in [-0.4, -0.2) is 50.5 Å². The Kier molecular flexibility index (Phi) is 3.76. The average molecular weight is 234 g/mol. The maximum Gasteiger partial charge on any atom is 0.181 e. The van der Waals surface area contributed by atoms with Crippen LogP contribution in [0.3, 0.4) is 0 Å². The predicted octanol–water partition coefficient (Wildman–Crippen LogP) is 0.781. The third-order valence-electron chi connectivity index (χ3n) is 3.19. The number of carbonyl (C=O) groups excluding carboxylic acids is 1. The Hall–Kier alpha value is -1.39. The molecule has 92 valence electrons. The second-order valence-electron chi connectivity index (χ2n) is 4.29. The Bertz CT molecular complexity index is 389. The highest BCUT2D eigenvalue weighted by molar-refractivity contribution is 6.00. The van der Waals surface area contributed by atoms with E-state index in [1.54, 1.807) is 7.11 Å². The number of hydrogen-bond donors (Lipinski definition) is 1. The molecule has 1 aromatic carbocycles. The first-order valence-corrected chi connectivity index (χ1v) is 5.81. The molecule has 0 spiro atoms. The molecule has 1 N–H and O–H groups in total. The van der Waals surface area contributed by atoms with Gasteiger partial charge in [-0.1, -0.05) is 0 Å². The van der Waals surface area contributed by atoms with E-state index >= 15 is 0 Å². The number of piperazine rings is 1. The number of rotatable bonds is 3. The van der Waals surface area contributed by atoms with E-state index in [1.807, 2.05) is 31.3 Å². The summed E-state index contributed by atoms with van der Waals surface area (Å²) in [5.74, 6) is 0.944. The fourth-order valence-electron chi connectivity index (χ4n) is 2.05. The van der Waals surface area contributed by atoms with Crippen LogP contribution in [0.4, 0.5) is 0 Å². The van der Waals surface area contributed by atoms with Crippen molar-refractivity contribution >= 4 is 5.78 Å². The summed E-state index contributed by atoms with van der Waals surface area (Å²) in [7, 11) is 3.61. The lowest BCUT2D eigenvalue weighted by molar-refractivity contribution is 0.0819. The quantitative estimate of drug-likeness (QED) is 0.785. The van der Waals surface area contributed by atoms with Crippen LogP contribution in [0.1, 0.15) is 10.4 Å². The van der Waals surface area contributed by atoms with E-state index in [1.165, 1.54) is 0 Å². The number of benzene rings is 1. The summed E-state index contributed by atoms with van der Waals surface area (Å²) >= 11 is 0. The fourth-order valence-corrected chi connectivity index (χ4v) is 2.05. The zero-order chi connectivity index (χ0) is 12.3. The topological polar surface area (TPSA) is 41.6 Å². The van der Waals surface area contributed by atoms with Crippen molar-refractivity contribution in [2.45, 2.75) is 6.04 Å². The number of ketones is 1. The molecule has 0 saturated carbocycles. The van der Waals surface area contributed by atoms with Gasteiger partial charge in [-0.3, -0.25) is 9.69 Å². The normalized spacial score (nSPS) is 21.2. The molecule has 0 bridgehead atoms.